The minimum atomic E-state index is -0.711. The highest BCUT2D eigenvalue weighted by Crippen LogP contribution is 2.37. The molecule has 1 unspecified atom stereocenters. The van der Waals surface area contributed by atoms with Gasteiger partial charge in [-0.3, -0.25) is 19.3 Å². The Hall–Kier alpha value is -3.38. The van der Waals surface area contributed by atoms with E-state index in [9.17, 15) is 14.4 Å². The lowest BCUT2D eigenvalue weighted by molar-refractivity contribution is -0.139. The third-order valence-electron chi connectivity index (χ3n) is 5.70. The molecule has 0 fully saturated rings. The van der Waals surface area contributed by atoms with Gasteiger partial charge in [-0.25, -0.2) is 0 Å². The van der Waals surface area contributed by atoms with Gasteiger partial charge in [0, 0.05) is 29.1 Å². The van der Waals surface area contributed by atoms with Gasteiger partial charge in [0.15, 0.2) is 0 Å². The van der Waals surface area contributed by atoms with Crippen LogP contribution in [0.4, 0.5) is 5.69 Å². The Morgan fingerprint density at radius 1 is 1.09 bits per heavy atom. The molecule has 0 bridgehead atoms. The van der Waals surface area contributed by atoms with Gasteiger partial charge in [-0.05, 0) is 49.1 Å². The smallest absolute Gasteiger partial charge is 0.259 e. The van der Waals surface area contributed by atoms with E-state index in [2.05, 4.69) is 5.32 Å². The van der Waals surface area contributed by atoms with Crippen LogP contribution in [-0.4, -0.2) is 41.8 Å². The van der Waals surface area contributed by atoms with Gasteiger partial charge >= 0.3 is 0 Å². The maximum atomic E-state index is 13.5. The average molecular weight is 450 g/mol. The second-order valence-electron chi connectivity index (χ2n) is 7.79. The van der Waals surface area contributed by atoms with E-state index in [0.29, 0.717) is 22.8 Å². The van der Waals surface area contributed by atoms with Crippen LogP contribution in [0.1, 0.15) is 29.8 Å². The van der Waals surface area contributed by atoms with Crippen LogP contribution < -0.4 is 10.2 Å². The van der Waals surface area contributed by atoms with Gasteiger partial charge in [-0.1, -0.05) is 48.0 Å². The van der Waals surface area contributed by atoms with Crippen molar-refractivity contribution in [3.63, 3.8) is 0 Å². The predicted octanol–water partition coefficient (Wildman–Crippen LogP) is 4.01. The summed E-state index contributed by atoms with van der Waals surface area (Å²) in [7, 11) is 0. The number of nitrogens with one attached hydrogen (secondary N) is 1. The SMILES string of the molecule is CCNC(=O)C(C)N(Cc1cccc(Cl)c1)C(=O)CN1C(=O)c2cccc3cccc1c23. The van der Waals surface area contributed by atoms with E-state index in [0.717, 1.165) is 16.3 Å². The zero-order chi connectivity index (χ0) is 22.8. The molecule has 1 aliphatic heterocycles. The van der Waals surface area contributed by atoms with E-state index < -0.39 is 6.04 Å². The number of anilines is 1. The van der Waals surface area contributed by atoms with Crippen LogP contribution in [-0.2, 0) is 16.1 Å². The second-order valence-corrected chi connectivity index (χ2v) is 8.23. The first kappa shape index (κ1) is 21.8. The van der Waals surface area contributed by atoms with Gasteiger partial charge < -0.3 is 10.2 Å². The summed E-state index contributed by atoms with van der Waals surface area (Å²) in [6.07, 6.45) is 0. The van der Waals surface area contributed by atoms with E-state index in [1.54, 1.807) is 31.2 Å². The number of hydrogen-bond donors (Lipinski definition) is 1. The summed E-state index contributed by atoms with van der Waals surface area (Å²) in [5, 5.41) is 5.13. The molecule has 3 aromatic rings. The van der Waals surface area contributed by atoms with Crippen molar-refractivity contribution in [1.82, 2.24) is 10.2 Å². The monoisotopic (exact) mass is 449 g/mol. The van der Waals surface area contributed by atoms with Crippen LogP contribution in [0.25, 0.3) is 10.8 Å². The molecule has 1 aliphatic rings. The van der Waals surface area contributed by atoms with Crippen LogP contribution in [0.5, 0.6) is 0 Å². The molecule has 3 aromatic carbocycles. The molecule has 0 aromatic heterocycles. The van der Waals surface area contributed by atoms with Crippen LogP contribution in [0, 0.1) is 0 Å². The van der Waals surface area contributed by atoms with Crippen molar-refractivity contribution in [3.05, 3.63) is 76.8 Å². The van der Waals surface area contributed by atoms with Crippen LogP contribution in [0.2, 0.25) is 5.02 Å². The van der Waals surface area contributed by atoms with Crippen LogP contribution in [0.3, 0.4) is 0 Å². The van der Waals surface area contributed by atoms with Crippen molar-refractivity contribution in [2.45, 2.75) is 26.4 Å². The lowest BCUT2D eigenvalue weighted by atomic mass is 10.1. The molecule has 164 valence electrons. The van der Waals surface area contributed by atoms with Crippen molar-refractivity contribution in [2.24, 2.45) is 0 Å². The van der Waals surface area contributed by atoms with E-state index in [1.165, 1.54) is 9.80 Å². The maximum absolute atomic E-state index is 13.5. The molecule has 3 amide bonds. The van der Waals surface area contributed by atoms with Crippen LogP contribution >= 0.6 is 11.6 Å². The van der Waals surface area contributed by atoms with Crippen molar-refractivity contribution in [3.8, 4) is 0 Å². The summed E-state index contributed by atoms with van der Waals surface area (Å²) in [6.45, 7) is 4.03. The fourth-order valence-corrected chi connectivity index (χ4v) is 4.31. The summed E-state index contributed by atoms with van der Waals surface area (Å²) in [5.41, 5.74) is 2.11. The maximum Gasteiger partial charge on any atom is 0.259 e. The molecule has 0 saturated heterocycles. The quantitative estimate of drug-likeness (QED) is 0.592. The molecule has 1 heterocycles. The zero-order valence-electron chi connectivity index (χ0n) is 18.0. The largest absolute Gasteiger partial charge is 0.355 e. The number of carbonyl (C=O) groups is 3. The molecular weight excluding hydrogens is 426 g/mol. The lowest BCUT2D eigenvalue weighted by Crippen LogP contribution is -2.50. The topological polar surface area (TPSA) is 69.7 Å². The first-order valence-corrected chi connectivity index (χ1v) is 10.9. The van der Waals surface area contributed by atoms with Crippen LogP contribution in [0.15, 0.2) is 60.7 Å². The third kappa shape index (κ3) is 4.06. The number of rotatable bonds is 7. The Kier molecular flexibility index (Phi) is 6.15. The Balaban J connectivity index is 1.63. The van der Waals surface area contributed by atoms with Gasteiger partial charge in [0.2, 0.25) is 11.8 Å². The Labute approximate surface area is 191 Å². The predicted molar refractivity (Wildman–Crippen MR) is 126 cm³/mol. The number of amides is 3. The number of carbonyl (C=O) groups excluding carboxylic acids is 3. The molecule has 6 nitrogen and oxygen atoms in total. The van der Waals surface area contributed by atoms with E-state index >= 15 is 0 Å². The highest BCUT2D eigenvalue weighted by Gasteiger charge is 2.34. The van der Waals surface area contributed by atoms with Gasteiger partial charge in [0.05, 0.1) is 5.69 Å². The minimum absolute atomic E-state index is 0.156. The summed E-state index contributed by atoms with van der Waals surface area (Å²) in [5.74, 6) is -0.776. The molecule has 7 heteroatoms. The molecule has 0 aliphatic carbocycles. The van der Waals surface area contributed by atoms with Gasteiger partial charge in [0.1, 0.15) is 12.6 Å². The fourth-order valence-electron chi connectivity index (χ4n) is 4.10. The first-order chi connectivity index (χ1) is 15.4. The molecule has 0 saturated carbocycles. The highest BCUT2D eigenvalue weighted by molar-refractivity contribution is 6.30. The Morgan fingerprint density at radius 2 is 1.81 bits per heavy atom. The fraction of sp³-hybridized carbons (Fsp3) is 0.240. The highest BCUT2D eigenvalue weighted by atomic mass is 35.5. The molecule has 32 heavy (non-hydrogen) atoms. The number of benzene rings is 3. The van der Waals surface area contributed by atoms with Crippen molar-refractivity contribution in [2.75, 3.05) is 18.0 Å². The number of hydrogen-bond acceptors (Lipinski definition) is 3. The third-order valence-corrected chi connectivity index (χ3v) is 5.94. The molecule has 1 atom stereocenters. The molecule has 1 N–H and O–H groups in total. The molecule has 4 rings (SSSR count). The number of halogens is 1. The summed E-state index contributed by atoms with van der Waals surface area (Å²) in [4.78, 5) is 42.1. The number of nitrogens with zero attached hydrogens (tertiary/aromatic N) is 2. The molecular formula is C25H24ClN3O3. The first-order valence-electron chi connectivity index (χ1n) is 10.6. The van der Waals surface area contributed by atoms with E-state index in [1.807, 2.05) is 43.3 Å². The molecule has 0 spiro atoms. The Morgan fingerprint density at radius 3 is 2.53 bits per heavy atom. The minimum Gasteiger partial charge on any atom is -0.355 e. The number of likely N-dealkylation sites (N-methyl/N-ethyl adjacent to an activating group) is 1. The summed E-state index contributed by atoms with van der Waals surface area (Å²) < 4.78 is 0. The van der Waals surface area contributed by atoms with Gasteiger partial charge in [-0.15, -0.1) is 0 Å². The van der Waals surface area contributed by atoms with E-state index in [-0.39, 0.29) is 30.8 Å². The van der Waals surface area contributed by atoms with E-state index in [4.69, 9.17) is 11.6 Å². The van der Waals surface area contributed by atoms with Gasteiger partial charge in [-0.2, -0.15) is 0 Å². The summed E-state index contributed by atoms with van der Waals surface area (Å²) >= 11 is 6.12. The second kappa shape index (κ2) is 9.01. The van der Waals surface area contributed by atoms with Crippen molar-refractivity contribution >= 4 is 45.8 Å². The lowest BCUT2D eigenvalue weighted by Gasteiger charge is -2.30. The molecule has 0 radical (unpaired) electrons. The average Bonchev–Trinajstić information content (AvgIpc) is 3.05. The summed E-state index contributed by atoms with van der Waals surface area (Å²) in [6, 6.07) is 17.7. The van der Waals surface area contributed by atoms with Gasteiger partial charge in [0.25, 0.3) is 5.91 Å². The normalized spacial score (nSPS) is 13.3. The Bertz CT molecular complexity index is 1200. The van der Waals surface area contributed by atoms with Crippen molar-refractivity contribution < 1.29 is 14.4 Å². The van der Waals surface area contributed by atoms with Crippen molar-refractivity contribution in [1.29, 1.82) is 0 Å². The zero-order valence-corrected chi connectivity index (χ0v) is 18.7. The standard InChI is InChI=1S/C25H24ClN3O3/c1-3-27-24(31)16(2)28(14-17-7-4-10-19(26)13-17)22(30)15-29-21-12-6-9-18-8-5-11-20(23(18)21)25(29)32/h4-13,16H,3,14-15H2,1-2H3,(H,27,31).